The van der Waals surface area contributed by atoms with Gasteiger partial charge < -0.3 is 5.32 Å². The fourth-order valence-electron chi connectivity index (χ4n) is 3.84. The third-order valence-electron chi connectivity index (χ3n) is 5.38. The van der Waals surface area contributed by atoms with Crippen LogP contribution in [0.15, 0.2) is 59.5 Å². The van der Waals surface area contributed by atoms with Crippen LogP contribution in [0, 0.1) is 5.82 Å². The van der Waals surface area contributed by atoms with E-state index in [9.17, 15) is 14.0 Å². The van der Waals surface area contributed by atoms with Crippen LogP contribution in [0.1, 0.15) is 24.4 Å². The highest BCUT2D eigenvalue weighted by atomic mass is 19.1. The zero-order valence-electron chi connectivity index (χ0n) is 16.1. The first kappa shape index (κ1) is 19.3. The van der Waals surface area contributed by atoms with Crippen molar-refractivity contribution < 1.29 is 9.18 Å². The molecule has 4 rings (SSSR count). The minimum absolute atomic E-state index is 0.0247. The van der Waals surface area contributed by atoms with Crippen molar-refractivity contribution in [2.24, 2.45) is 0 Å². The molecule has 3 aromatic rings. The molecular formula is C22H23FN4O2. The Morgan fingerprint density at radius 2 is 1.83 bits per heavy atom. The minimum Gasteiger partial charge on any atom is -0.353 e. The van der Waals surface area contributed by atoms with Gasteiger partial charge in [0.15, 0.2) is 0 Å². The first-order valence-corrected chi connectivity index (χ1v) is 9.83. The monoisotopic (exact) mass is 394 g/mol. The number of amides is 1. The molecule has 1 amide bonds. The number of hydrogen-bond acceptors (Lipinski definition) is 4. The number of halogens is 1. The van der Waals surface area contributed by atoms with Crippen LogP contribution in [0.2, 0.25) is 0 Å². The van der Waals surface area contributed by atoms with E-state index in [-0.39, 0.29) is 29.9 Å². The molecule has 1 aliphatic heterocycles. The van der Waals surface area contributed by atoms with Crippen molar-refractivity contribution in [2.45, 2.75) is 25.4 Å². The van der Waals surface area contributed by atoms with Crippen molar-refractivity contribution >= 4 is 16.7 Å². The molecule has 7 heteroatoms. The highest BCUT2D eigenvalue weighted by Gasteiger charge is 2.24. The van der Waals surface area contributed by atoms with E-state index in [0.29, 0.717) is 11.9 Å². The average molecular weight is 394 g/mol. The van der Waals surface area contributed by atoms with Gasteiger partial charge in [0.25, 0.3) is 5.56 Å². The van der Waals surface area contributed by atoms with E-state index < -0.39 is 0 Å². The van der Waals surface area contributed by atoms with Crippen LogP contribution in [0.5, 0.6) is 0 Å². The summed E-state index contributed by atoms with van der Waals surface area (Å²) in [6, 6.07) is 13.6. The number of nitrogens with one attached hydrogen (secondary N) is 1. The third-order valence-corrected chi connectivity index (χ3v) is 5.38. The number of nitrogens with zero attached hydrogens (tertiary/aromatic N) is 3. The second-order valence-electron chi connectivity index (χ2n) is 7.31. The highest BCUT2D eigenvalue weighted by molar-refractivity contribution is 5.81. The second-order valence-corrected chi connectivity index (χ2v) is 7.31. The van der Waals surface area contributed by atoms with E-state index in [1.807, 2.05) is 12.1 Å². The summed E-state index contributed by atoms with van der Waals surface area (Å²) in [5, 5.41) is 8.32. The fourth-order valence-corrected chi connectivity index (χ4v) is 3.84. The Morgan fingerprint density at radius 3 is 2.59 bits per heavy atom. The van der Waals surface area contributed by atoms with Crippen LogP contribution in [-0.2, 0) is 11.3 Å². The summed E-state index contributed by atoms with van der Waals surface area (Å²) in [7, 11) is 0. The first-order chi connectivity index (χ1) is 14.1. The predicted octanol–water partition coefficient (Wildman–Crippen LogP) is 2.49. The molecule has 1 aromatic heterocycles. The van der Waals surface area contributed by atoms with Crippen LogP contribution < -0.4 is 10.9 Å². The Balaban J connectivity index is 1.46. The van der Waals surface area contributed by atoms with Gasteiger partial charge in [0.05, 0.1) is 17.6 Å². The number of aromatic nitrogens is 2. The number of benzene rings is 2. The maximum absolute atomic E-state index is 13.3. The topological polar surface area (TPSA) is 67.2 Å². The van der Waals surface area contributed by atoms with Crippen LogP contribution >= 0.6 is 0 Å². The smallest absolute Gasteiger partial charge is 0.275 e. The lowest BCUT2D eigenvalue weighted by atomic mass is 10.1. The maximum atomic E-state index is 13.3. The van der Waals surface area contributed by atoms with E-state index in [0.717, 1.165) is 36.9 Å². The summed E-state index contributed by atoms with van der Waals surface area (Å²) >= 11 is 0. The van der Waals surface area contributed by atoms with E-state index in [4.69, 9.17) is 0 Å². The lowest BCUT2D eigenvalue weighted by Crippen LogP contribution is -2.39. The van der Waals surface area contributed by atoms with Crippen LogP contribution in [-0.4, -0.2) is 40.2 Å². The number of fused-ring (bicyclic) bond motifs is 1. The number of carbonyl (C=O) groups excluding carboxylic acids is 1. The Hall–Kier alpha value is -3.06. The molecule has 0 aliphatic carbocycles. The van der Waals surface area contributed by atoms with Crippen LogP contribution in [0.4, 0.5) is 4.39 Å². The third kappa shape index (κ3) is 4.35. The Kier molecular flexibility index (Phi) is 5.67. The average Bonchev–Trinajstić information content (AvgIpc) is 3.26. The Labute approximate surface area is 167 Å². The normalized spacial score (nSPS) is 15.5. The molecule has 1 saturated heterocycles. The molecule has 6 nitrogen and oxygen atoms in total. The zero-order valence-corrected chi connectivity index (χ0v) is 16.1. The van der Waals surface area contributed by atoms with Gasteiger partial charge in [-0.2, -0.15) is 5.10 Å². The number of rotatable bonds is 6. The zero-order chi connectivity index (χ0) is 20.2. The molecule has 0 radical (unpaired) electrons. The van der Waals surface area contributed by atoms with Gasteiger partial charge in [0.2, 0.25) is 5.91 Å². The molecule has 0 bridgehead atoms. The predicted molar refractivity (Wildman–Crippen MR) is 109 cm³/mol. The van der Waals surface area contributed by atoms with Crippen LogP contribution in [0.25, 0.3) is 10.8 Å². The molecule has 29 heavy (non-hydrogen) atoms. The molecule has 2 aromatic carbocycles. The largest absolute Gasteiger partial charge is 0.353 e. The van der Waals surface area contributed by atoms with Gasteiger partial charge in [-0.25, -0.2) is 9.07 Å². The maximum Gasteiger partial charge on any atom is 0.275 e. The molecular weight excluding hydrogens is 371 g/mol. The molecule has 2 heterocycles. The van der Waals surface area contributed by atoms with Crippen molar-refractivity contribution in [3.05, 3.63) is 76.5 Å². The van der Waals surface area contributed by atoms with Gasteiger partial charge in [0.1, 0.15) is 12.4 Å². The van der Waals surface area contributed by atoms with Crippen molar-refractivity contribution in [3.8, 4) is 0 Å². The summed E-state index contributed by atoms with van der Waals surface area (Å²) in [6.45, 7) is 2.15. The van der Waals surface area contributed by atoms with E-state index in [1.165, 1.54) is 16.8 Å². The Bertz CT molecular complexity index is 1060. The minimum atomic E-state index is -0.284. The van der Waals surface area contributed by atoms with Gasteiger partial charge in [-0.15, -0.1) is 0 Å². The van der Waals surface area contributed by atoms with Crippen molar-refractivity contribution in [3.63, 3.8) is 0 Å². The van der Waals surface area contributed by atoms with E-state index in [2.05, 4.69) is 15.3 Å². The molecule has 1 unspecified atom stereocenters. The summed E-state index contributed by atoms with van der Waals surface area (Å²) in [4.78, 5) is 27.4. The van der Waals surface area contributed by atoms with Crippen molar-refractivity contribution in [1.29, 1.82) is 0 Å². The summed E-state index contributed by atoms with van der Waals surface area (Å²) in [6.07, 6.45) is 3.82. The standard InChI is InChI=1S/C22H23FN4O2/c23-18-9-7-16(8-10-18)20(26-11-3-4-12-26)14-24-21(28)15-27-22(29)19-6-2-1-5-17(19)13-25-27/h1-2,5-10,13,20H,3-4,11-12,14-15H2,(H,24,28). The van der Waals surface area contributed by atoms with E-state index >= 15 is 0 Å². The Morgan fingerprint density at radius 1 is 1.10 bits per heavy atom. The number of likely N-dealkylation sites (tertiary alicyclic amines) is 1. The molecule has 0 saturated carbocycles. The van der Waals surface area contributed by atoms with Gasteiger partial charge >= 0.3 is 0 Å². The SMILES string of the molecule is O=C(Cn1ncc2ccccc2c1=O)NCC(c1ccc(F)cc1)N1CCCC1. The first-order valence-electron chi connectivity index (χ1n) is 9.83. The van der Waals surface area contributed by atoms with Gasteiger partial charge in [-0.05, 0) is 49.7 Å². The van der Waals surface area contributed by atoms with Gasteiger partial charge in [0, 0.05) is 11.9 Å². The van der Waals surface area contributed by atoms with Gasteiger partial charge in [-0.1, -0.05) is 30.3 Å². The highest BCUT2D eigenvalue weighted by Crippen LogP contribution is 2.24. The molecule has 1 atom stereocenters. The molecule has 1 aliphatic rings. The number of carbonyl (C=O) groups is 1. The summed E-state index contributed by atoms with van der Waals surface area (Å²) in [5.74, 6) is -0.555. The summed E-state index contributed by atoms with van der Waals surface area (Å²) < 4.78 is 14.5. The quantitative estimate of drug-likeness (QED) is 0.698. The summed E-state index contributed by atoms with van der Waals surface area (Å²) in [5.41, 5.74) is 0.683. The number of hydrogen-bond donors (Lipinski definition) is 1. The van der Waals surface area contributed by atoms with Gasteiger partial charge in [-0.3, -0.25) is 14.5 Å². The molecule has 150 valence electrons. The molecule has 1 N–H and O–H groups in total. The fraction of sp³-hybridized carbons (Fsp3) is 0.318. The lowest BCUT2D eigenvalue weighted by molar-refractivity contribution is -0.122. The van der Waals surface area contributed by atoms with Crippen LogP contribution in [0.3, 0.4) is 0 Å². The molecule has 0 spiro atoms. The van der Waals surface area contributed by atoms with Crippen molar-refractivity contribution in [1.82, 2.24) is 20.0 Å². The molecule has 1 fully saturated rings. The lowest BCUT2D eigenvalue weighted by Gasteiger charge is -2.28. The van der Waals surface area contributed by atoms with Crippen molar-refractivity contribution in [2.75, 3.05) is 19.6 Å². The van der Waals surface area contributed by atoms with E-state index in [1.54, 1.807) is 30.5 Å². The second kappa shape index (κ2) is 8.53.